The summed E-state index contributed by atoms with van der Waals surface area (Å²) in [6, 6.07) is 5.72. The van der Waals surface area contributed by atoms with Gasteiger partial charge in [-0.05, 0) is 45.2 Å². The third-order valence-corrected chi connectivity index (χ3v) is 3.39. The third-order valence-electron chi connectivity index (χ3n) is 3.39. The van der Waals surface area contributed by atoms with Crippen molar-refractivity contribution in [1.29, 1.82) is 0 Å². The van der Waals surface area contributed by atoms with Crippen LogP contribution in [0.3, 0.4) is 0 Å². The number of halogens is 1. The molecule has 0 saturated carbocycles. The number of aliphatic hydroxyl groups excluding tert-OH is 1. The molecule has 0 spiro atoms. The highest BCUT2D eigenvalue weighted by molar-refractivity contribution is 5.22. The number of hydrogen-bond acceptors (Lipinski definition) is 5. The molecule has 120 valence electrons. The first-order chi connectivity index (χ1) is 10.5. The largest absolute Gasteiger partial charge is 0.491 e. The predicted molar refractivity (Wildman–Crippen MR) is 80.2 cm³/mol. The van der Waals surface area contributed by atoms with Crippen molar-refractivity contribution in [3.05, 3.63) is 47.1 Å². The summed E-state index contributed by atoms with van der Waals surface area (Å²) in [5, 5.41) is 13.9. The fourth-order valence-corrected chi connectivity index (χ4v) is 2.20. The van der Waals surface area contributed by atoms with Crippen molar-refractivity contribution < 1.29 is 18.8 Å². The van der Waals surface area contributed by atoms with Crippen LogP contribution in [-0.2, 0) is 6.54 Å². The lowest BCUT2D eigenvalue weighted by atomic mass is 10.2. The topological polar surface area (TPSA) is 58.7 Å². The third kappa shape index (κ3) is 4.54. The molecule has 1 aromatic heterocycles. The van der Waals surface area contributed by atoms with Gasteiger partial charge < -0.3 is 14.4 Å². The SMILES string of the molecule is Cc1noc(C)c1CN(C)CC(O)COc1ccc(F)cc1. The Morgan fingerprint density at radius 1 is 1.32 bits per heavy atom. The normalized spacial score (nSPS) is 12.6. The fraction of sp³-hybridized carbons (Fsp3) is 0.438. The van der Waals surface area contributed by atoms with Crippen molar-refractivity contribution in [2.45, 2.75) is 26.5 Å². The van der Waals surface area contributed by atoms with E-state index in [1.165, 1.54) is 24.3 Å². The summed E-state index contributed by atoms with van der Waals surface area (Å²) in [7, 11) is 1.91. The van der Waals surface area contributed by atoms with E-state index in [4.69, 9.17) is 9.26 Å². The van der Waals surface area contributed by atoms with Crippen molar-refractivity contribution in [2.75, 3.05) is 20.2 Å². The average Bonchev–Trinajstić information content (AvgIpc) is 2.78. The van der Waals surface area contributed by atoms with Gasteiger partial charge in [0.15, 0.2) is 0 Å². The summed E-state index contributed by atoms with van der Waals surface area (Å²) in [5.41, 5.74) is 1.90. The highest BCUT2D eigenvalue weighted by Crippen LogP contribution is 2.15. The van der Waals surface area contributed by atoms with Crippen LogP contribution in [0.25, 0.3) is 0 Å². The number of aryl methyl sites for hydroxylation is 2. The van der Waals surface area contributed by atoms with Gasteiger partial charge in [-0.3, -0.25) is 4.90 Å². The molecular formula is C16H21FN2O3. The van der Waals surface area contributed by atoms with E-state index in [1.807, 2.05) is 25.8 Å². The zero-order valence-electron chi connectivity index (χ0n) is 13.0. The minimum Gasteiger partial charge on any atom is -0.491 e. The van der Waals surface area contributed by atoms with Gasteiger partial charge in [-0.2, -0.15) is 0 Å². The summed E-state index contributed by atoms with van der Waals surface area (Å²) in [6.07, 6.45) is -0.643. The summed E-state index contributed by atoms with van der Waals surface area (Å²) in [6.45, 7) is 5.02. The van der Waals surface area contributed by atoms with E-state index in [-0.39, 0.29) is 12.4 Å². The van der Waals surface area contributed by atoms with E-state index >= 15 is 0 Å². The van der Waals surface area contributed by atoms with E-state index < -0.39 is 6.10 Å². The van der Waals surface area contributed by atoms with Crippen molar-refractivity contribution >= 4 is 0 Å². The standard InChI is InChI=1S/C16H21FN2O3/c1-11-16(12(2)22-18-11)9-19(3)8-14(20)10-21-15-6-4-13(17)5-7-15/h4-7,14,20H,8-10H2,1-3H3. The molecule has 5 nitrogen and oxygen atoms in total. The maximum atomic E-state index is 12.8. The minimum absolute atomic E-state index is 0.150. The Morgan fingerprint density at radius 2 is 2.00 bits per heavy atom. The maximum Gasteiger partial charge on any atom is 0.138 e. The van der Waals surface area contributed by atoms with Gasteiger partial charge in [-0.1, -0.05) is 5.16 Å². The van der Waals surface area contributed by atoms with Crippen LogP contribution in [0, 0.1) is 19.7 Å². The molecule has 6 heteroatoms. The van der Waals surface area contributed by atoms with E-state index in [9.17, 15) is 9.50 Å². The maximum absolute atomic E-state index is 12.8. The number of hydrogen-bond donors (Lipinski definition) is 1. The molecule has 0 aliphatic carbocycles. The van der Waals surface area contributed by atoms with Gasteiger partial charge in [-0.15, -0.1) is 0 Å². The van der Waals surface area contributed by atoms with Crippen LogP contribution in [-0.4, -0.2) is 41.5 Å². The highest BCUT2D eigenvalue weighted by Gasteiger charge is 2.14. The van der Waals surface area contributed by atoms with E-state index in [0.29, 0.717) is 18.8 Å². The van der Waals surface area contributed by atoms with Crippen LogP contribution >= 0.6 is 0 Å². The summed E-state index contributed by atoms with van der Waals surface area (Å²) in [4.78, 5) is 1.98. The van der Waals surface area contributed by atoms with Gasteiger partial charge in [0.25, 0.3) is 0 Å². The molecule has 1 heterocycles. The Balaban J connectivity index is 1.79. The number of aliphatic hydroxyl groups is 1. The van der Waals surface area contributed by atoms with E-state index in [1.54, 1.807) is 0 Å². The van der Waals surface area contributed by atoms with Gasteiger partial charge >= 0.3 is 0 Å². The molecular weight excluding hydrogens is 287 g/mol. The smallest absolute Gasteiger partial charge is 0.138 e. The number of likely N-dealkylation sites (N-methyl/N-ethyl adjacent to an activating group) is 1. The lowest BCUT2D eigenvalue weighted by molar-refractivity contribution is 0.0742. The molecule has 0 aliphatic heterocycles. The molecule has 0 bridgehead atoms. The van der Waals surface area contributed by atoms with E-state index in [0.717, 1.165) is 17.0 Å². The second kappa shape index (κ2) is 7.38. The molecule has 0 saturated heterocycles. The molecule has 1 unspecified atom stereocenters. The van der Waals surface area contributed by atoms with Crippen molar-refractivity contribution in [2.24, 2.45) is 0 Å². The number of benzene rings is 1. The molecule has 0 aliphatic rings. The number of aromatic nitrogens is 1. The van der Waals surface area contributed by atoms with Crippen LogP contribution in [0.1, 0.15) is 17.0 Å². The molecule has 1 aromatic carbocycles. The Kier molecular flexibility index (Phi) is 5.51. The summed E-state index contributed by atoms with van der Waals surface area (Å²) in [5.74, 6) is 1.02. The molecule has 0 radical (unpaired) electrons. The molecule has 2 aromatic rings. The first-order valence-electron chi connectivity index (χ1n) is 7.12. The predicted octanol–water partition coefficient (Wildman–Crippen LogP) is 2.30. The van der Waals surface area contributed by atoms with Crippen molar-refractivity contribution in [3.63, 3.8) is 0 Å². The van der Waals surface area contributed by atoms with Crippen molar-refractivity contribution in [1.82, 2.24) is 10.1 Å². The summed E-state index contributed by atoms with van der Waals surface area (Å²) >= 11 is 0. The molecule has 1 N–H and O–H groups in total. The lowest BCUT2D eigenvalue weighted by Crippen LogP contribution is -2.33. The second-order valence-electron chi connectivity index (χ2n) is 5.42. The van der Waals surface area contributed by atoms with Crippen LogP contribution in [0.5, 0.6) is 5.75 Å². The first-order valence-corrected chi connectivity index (χ1v) is 7.12. The van der Waals surface area contributed by atoms with Crippen LogP contribution in [0.15, 0.2) is 28.8 Å². The van der Waals surface area contributed by atoms with Crippen LogP contribution in [0.2, 0.25) is 0 Å². The monoisotopic (exact) mass is 308 g/mol. The molecule has 0 fully saturated rings. The first kappa shape index (κ1) is 16.5. The number of ether oxygens (including phenoxy) is 1. The summed E-state index contributed by atoms with van der Waals surface area (Å²) < 4.78 is 23.3. The lowest BCUT2D eigenvalue weighted by Gasteiger charge is -2.20. The van der Waals surface area contributed by atoms with Gasteiger partial charge in [0, 0.05) is 18.7 Å². The molecule has 0 amide bonds. The van der Waals surface area contributed by atoms with Gasteiger partial charge in [0.2, 0.25) is 0 Å². The Labute approximate surface area is 129 Å². The second-order valence-corrected chi connectivity index (χ2v) is 5.42. The highest BCUT2D eigenvalue weighted by atomic mass is 19.1. The zero-order chi connectivity index (χ0) is 16.1. The van der Waals surface area contributed by atoms with Gasteiger partial charge in [0.1, 0.15) is 30.0 Å². The van der Waals surface area contributed by atoms with E-state index in [2.05, 4.69) is 5.16 Å². The molecule has 1 atom stereocenters. The van der Waals surface area contributed by atoms with Crippen molar-refractivity contribution in [3.8, 4) is 5.75 Å². The molecule has 22 heavy (non-hydrogen) atoms. The average molecular weight is 308 g/mol. The Bertz CT molecular complexity index is 578. The Hall–Kier alpha value is -1.92. The number of nitrogens with zero attached hydrogens (tertiary/aromatic N) is 2. The van der Waals surface area contributed by atoms with Gasteiger partial charge in [-0.25, -0.2) is 4.39 Å². The quantitative estimate of drug-likeness (QED) is 0.850. The minimum atomic E-state index is -0.643. The fourth-order valence-electron chi connectivity index (χ4n) is 2.20. The Morgan fingerprint density at radius 3 is 2.59 bits per heavy atom. The molecule has 2 rings (SSSR count). The number of rotatable bonds is 7. The zero-order valence-corrected chi connectivity index (χ0v) is 13.0. The van der Waals surface area contributed by atoms with Gasteiger partial charge in [0.05, 0.1) is 5.69 Å². The van der Waals surface area contributed by atoms with Crippen LogP contribution in [0.4, 0.5) is 4.39 Å². The van der Waals surface area contributed by atoms with Crippen LogP contribution < -0.4 is 4.74 Å².